The van der Waals surface area contributed by atoms with E-state index in [0.29, 0.717) is 0 Å². The molecule has 0 unspecified atom stereocenters. The van der Waals surface area contributed by atoms with Crippen LogP contribution in [0.15, 0.2) is 194 Å². The molecule has 11 aromatic rings. The monoisotopic (exact) mass is 692 g/mol. The summed E-state index contributed by atoms with van der Waals surface area (Å²) >= 11 is 0. The fraction of sp³-hybridized carbons (Fsp3) is 0.0182. The molecule has 13 rings (SSSR count). The van der Waals surface area contributed by atoms with Crippen LogP contribution < -0.4 is 0 Å². The minimum atomic E-state index is -0.418. The van der Waals surface area contributed by atoms with Crippen LogP contribution in [0.1, 0.15) is 22.3 Å². The summed E-state index contributed by atoms with van der Waals surface area (Å²) in [7, 11) is 0. The van der Waals surface area contributed by atoms with E-state index >= 15 is 0 Å². The number of fused-ring (bicyclic) bond motifs is 21. The van der Waals surface area contributed by atoms with Crippen LogP contribution in [0.3, 0.4) is 0 Å². The standard InChI is InChI=1S/C55H32/c1-2-14-37-33(13-1)27-28-46-48-30-34-25-26-35(29-36(34)31-52(48)55(54(37)46)50-23-11-9-19-42(50)43-20-10-12-24-51(43)55)47-32-49-40-17-4-3-15-38(40)39-16-5-7-21-44(39)53(49)45-22-8-6-18-41(45)47/h1-32H. The third-order valence-electron chi connectivity index (χ3n) is 13.0. The zero-order valence-electron chi connectivity index (χ0n) is 30.0. The Morgan fingerprint density at radius 2 is 0.800 bits per heavy atom. The molecule has 0 saturated carbocycles. The summed E-state index contributed by atoms with van der Waals surface area (Å²) in [6.07, 6.45) is 0. The van der Waals surface area contributed by atoms with Gasteiger partial charge in [-0.2, -0.15) is 0 Å². The quantitative estimate of drug-likeness (QED) is 0.150. The predicted octanol–water partition coefficient (Wildman–Crippen LogP) is 14.6. The fourth-order valence-electron chi connectivity index (χ4n) is 10.8. The van der Waals surface area contributed by atoms with Gasteiger partial charge in [0.1, 0.15) is 0 Å². The molecule has 11 aromatic carbocycles. The van der Waals surface area contributed by atoms with Crippen LogP contribution in [-0.4, -0.2) is 0 Å². The normalized spacial score (nSPS) is 13.6. The van der Waals surface area contributed by atoms with Gasteiger partial charge >= 0.3 is 0 Å². The second kappa shape index (κ2) is 10.6. The number of rotatable bonds is 1. The number of hydrogen-bond donors (Lipinski definition) is 0. The lowest BCUT2D eigenvalue weighted by atomic mass is 9.69. The highest BCUT2D eigenvalue weighted by molar-refractivity contribution is 6.33. The Morgan fingerprint density at radius 1 is 0.255 bits per heavy atom. The lowest BCUT2D eigenvalue weighted by Crippen LogP contribution is -2.26. The first kappa shape index (κ1) is 29.4. The topological polar surface area (TPSA) is 0 Å². The molecule has 0 N–H and O–H groups in total. The van der Waals surface area contributed by atoms with Gasteiger partial charge in [-0.15, -0.1) is 0 Å². The number of hydrogen-bond acceptors (Lipinski definition) is 0. The Bertz CT molecular complexity index is 3440. The third kappa shape index (κ3) is 3.67. The van der Waals surface area contributed by atoms with Gasteiger partial charge in [-0.05, 0) is 145 Å². The largest absolute Gasteiger partial charge is 0.0731 e. The summed E-state index contributed by atoms with van der Waals surface area (Å²) in [5.41, 5.74) is 13.0. The minimum absolute atomic E-state index is 0.418. The van der Waals surface area contributed by atoms with Crippen LogP contribution in [-0.2, 0) is 5.41 Å². The van der Waals surface area contributed by atoms with Crippen LogP contribution in [0.5, 0.6) is 0 Å². The van der Waals surface area contributed by atoms with E-state index in [1.54, 1.807) is 0 Å². The van der Waals surface area contributed by atoms with Crippen molar-refractivity contribution in [3.63, 3.8) is 0 Å². The van der Waals surface area contributed by atoms with E-state index in [9.17, 15) is 0 Å². The van der Waals surface area contributed by atoms with Gasteiger partial charge in [0, 0.05) is 0 Å². The summed E-state index contributed by atoms with van der Waals surface area (Å²) in [6, 6.07) is 73.4. The Kier molecular flexibility index (Phi) is 5.65. The molecule has 0 heteroatoms. The van der Waals surface area contributed by atoms with E-state index in [4.69, 9.17) is 0 Å². The van der Waals surface area contributed by atoms with Gasteiger partial charge in [-0.3, -0.25) is 0 Å². The first-order valence-electron chi connectivity index (χ1n) is 19.3. The summed E-state index contributed by atoms with van der Waals surface area (Å²) in [5, 5.41) is 15.6. The van der Waals surface area contributed by atoms with Gasteiger partial charge in [0.15, 0.2) is 0 Å². The second-order valence-corrected chi connectivity index (χ2v) is 15.5. The molecule has 0 aliphatic heterocycles. The number of benzene rings is 11. The van der Waals surface area contributed by atoms with Crippen molar-refractivity contribution in [3.05, 3.63) is 216 Å². The molecule has 2 aliphatic rings. The molecule has 0 aromatic heterocycles. The van der Waals surface area contributed by atoms with Crippen LogP contribution in [0, 0.1) is 0 Å². The summed E-state index contributed by atoms with van der Waals surface area (Å²) in [4.78, 5) is 0. The van der Waals surface area contributed by atoms with Crippen molar-refractivity contribution >= 4 is 64.6 Å². The smallest absolute Gasteiger partial charge is 0.0619 e. The van der Waals surface area contributed by atoms with Gasteiger partial charge in [-0.1, -0.05) is 170 Å². The third-order valence-corrected chi connectivity index (χ3v) is 13.0. The predicted molar refractivity (Wildman–Crippen MR) is 233 cm³/mol. The van der Waals surface area contributed by atoms with Crippen molar-refractivity contribution in [1.82, 2.24) is 0 Å². The molecule has 0 atom stereocenters. The molecule has 0 heterocycles. The molecular weight excluding hydrogens is 661 g/mol. The maximum absolute atomic E-state index is 2.54. The van der Waals surface area contributed by atoms with Crippen molar-refractivity contribution < 1.29 is 0 Å². The minimum Gasteiger partial charge on any atom is -0.0619 e. The van der Waals surface area contributed by atoms with E-state index in [1.165, 1.54) is 120 Å². The Morgan fingerprint density at radius 3 is 1.53 bits per heavy atom. The highest BCUT2D eigenvalue weighted by atomic mass is 14.5. The molecule has 0 fully saturated rings. The van der Waals surface area contributed by atoms with Gasteiger partial charge in [0.25, 0.3) is 0 Å². The molecule has 55 heavy (non-hydrogen) atoms. The average Bonchev–Trinajstić information content (AvgIpc) is 3.72. The molecule has 0 amide bonds. The van der Waals surface area contributed by atoms with E-state index in [-0.39, 0.29) is 0 Å². The van der Waals surface area contributed by atoms with E-state index in [2.05, 4.69) is 194 Å². The SMILES string of the molecule is c1ccc2c(c1)-c1ccccc1C21c2cc3cc(-c4cc5c6ccccc6c6ccccc6c5c5ccccc45)ccc3cc2-c2ccc3ccccc3c21. The second-order valence-electron chi connectivity index (χ2n) is 15.5. The summed E-state index contributed by atoms with van der Waals surface area (Å²) < 4.78 is 0. The van der Waals surface area contributed by atoms with E-state index < -0.39 is 5.41 Å². The Hall–Kier alpha value is -7.02. The molecule has 0 radical (unpaired) electrons. The fourth-order valence-corrected chi connectivity index (χ4v) is 10.8. The molecule has 0 nitrogen and oxygen atoms in total. The lowest BCUT2D eigenvalue weighted by molar-refractivity contribution is 0.802. The Labute approximate surface area is 318 Å². The molecule has 0 saturated heterocycles. The van der Waals surface area contributed by atoms with Crippen molar-refractivity contribution in [2.24, 2.45) is 0 Å². The van der Waals surface area contributed by atoms with E-state index in [0.717, 1.165) is 0 Å². The zero-order chi connectivity index (χ0) is 35.8. The van der Waals surface area contributed by atoms with Crippen molar-refractivity contribution in [3.8, 4) is 33.4 Å². The first-order chi connectivity index (χ1) is 27.3. The molecule has 2 aliphatic carbocycles. The molecule has 1 spiro atoms. The van der Waals surface area contributed by atoms with Gasteiger partial charge < -0.3 is 0 Å². The molecule has 0 bridgehead atoms. The van der Waals surface area contributed by atoms with Crippen molar-refractivity contribution in [1.29, 1.82) is 0 Å². The van der Waals surface area contributed by atoms with Gasteiger partial charge in [0.05, 0.1) is 5.41 Å². The molecular formula is C55H32. The van der Waals surface area contributed by atoms with Crippen LogP contribution in [0.2, 0.25) is 0 Å². The van der Waals surface area contributed by atoms with Crippen LogP contribution >= 0.6 is 0 Å². The highest BCUT2D eigenvalue weighted by Gasteiger charge is 2.52. The van der Waals surface area contributed by atoms with Crippen molar-refractivity contribution in [2.75, 3.05) is 0 Å². The Balaban J connectivity index is 1.13. The molecule has 252 valence electrons. The van der Waals surface area contributed by atoms with Gasteiger partial charge in [-0.25, -0.2) is 0 Å². The maximum Gasteiger partial charge on any atom is 0.0731 e. The van der Waals surface area contributed by atoms with E-state index in [1.807, 2.05) is 0 Å². The average molecular weight is 693 g/mol. The first-order valence-corrected chi connectivity index (χ1v) is 19.3. The maximum atomic E-state index is 2.54. The summed E-state index contributed by atoms with van der Waals surface area (Å²) in [6.45, 7) is 0. The van der Waals surface area contributed by atoms with Crippen molar-refractivity contribution in [2.45, 2.75) is 5.41 Å². The summed E-state index contributed by atoms with van der Waals surface area (Å²) in [5.74, 6) is 0. The van der Waals surface area contributed by atoms with Crippen LogP contribution in [0.25, 0.3) is 98.0 Å². The zero-order valence-corrected chi connectivity index (χ0v) is 30.0. The lowest BCUT2D eigenvalue weighted by Gasteiger charge is -2.31. The highest BCUT2D eigenvalue weighted by Crippen LogP contribution is 2.64. The van der Waals surface area contributed by atoms with Gasteiger partial charge in [0.2, 0.25) is 0 Å². The van der Waals surface area contributed by atoms with Crippen LogP contribution in [0.4, 0.5) is 0 Å².